The second kappa shape index (κ2) is 6.04. The van der Waals surface area contributed by atoms with Crippen LogP contribution >= 0.6 is 0 Å². The van der Waals surface area contributed by atoms with Crippen molar-refractivity contribution >= 4 is 28.5 Å². The number of carbonyl (C=O) groups excluding carboxylic acids is 1. The molecule has 0 radical (unpaired) electrons. The van der Waals surface area contributed by atoms with Gasteiger partial charge in [0.25, 0.3) is 6.29 Å². The number of para-hydroxylation sites is 1. The van der Waals surface area contributed by atoms with E-state index in [1.54, 1.807) is 31.2 Å². The summed E-state index contributed by atoms with van der Waals surface area (Å²) < 4.78 is 11.5. The molecule has 0 saturated heterocycles. The van der Waals surface area contributed by atoms with Crippen LogP contribution in [-0.4, -0.2) is 27.9 Å². The minimum Gasteiger partial charge on any atom is -0.476 e. The Bertz CT molecular complexity index is 953. The van der Waals surface area contributed by atoms with E-state index in [1.165, 1.54) is 22.9 Å². The minimum atomic E-state index is -1.26. The predicted octanol–water partition coefficient (Wildman–Crippen LogP) is 1.73. The third-order valence-corrected chi connectivity index (χ3v) is 3.53. The lowest BCUT2D eigenvalue weighted by Crippen LogP contribution is -2.15. The summed E-state index contributed by atoms with van der Waals surface area (Å²) in [6.45, 7) is 1.57. The van der Waals surface area contributed by atoms with Gasteiger partial charge >= 0.3 is 11.9 Å². The van der Waals surface area contributed by atoms with Gasteiger partial charge in [-0.1, -0.05) is 12.1 Å². The van der Waals surface area contributed by atoms with E-state index in [9.17, 15) is 19.5 Å². The maximum Gasteiger partial charge on any atom is 0.356 e. The van der Waals surface area contributed by atoms with Gasteiger partial charge in [0.15, 0.2) is 11.1 Å². The molecule has 1 aliphatic heterocycles. The number of fused-ring (bicyclic) bond motifs is 1. The first-order chi connectivity index (χ1) is 11.5. The van der Waals surface area contributed by atoms with E-state index < -0.39 is 18.2 Å². The van der Waals surface area contributed by atoms with E-state index in [0.717, 1.165) is 6.26 Å². The molecule has 1 aromatic carbocycles. The molecule has 2 aromatic rings. The van der Waals surface area contributed by atoms with Gasteiger partial charge in [-0.05, 0) is 19.1 Å². The Balaban J connectivity index is 2.02. The Kier molecular flexibility index (Phi) is 3.91. The summed E-state index contributed by atoms with van der Waals surface area (Å²) >= 11 is 0. The van der Waals surface area contributed by atoms with Crippen molar-refractivity contribution in [1.29, 1.82) is 0 Å². The molecular formula is C17H13NO6. The van der Waals surface area contributed by atoms with Gasteiger partial charge in [-0.15, -0.1) is 0 Å². The first-order valence-corrected chi connectivity index (χ1v) is 7.06. The molecule has 122 valence electrons. The predicted molar refractivity (Wildman–Crippen MR) is 84.8 cm³/mol. The van der Waals surface area contributed by atoms with Gasteiger partial charge in [0.2, 0.25) is 0 Å². The summed E-state index contributed by atoms with van der Waals surface area (Å²) in [4.78, 5) is 34.8. The highest BCUT2D eigenvalue weighted by molar-refractivity contribution is 6.10. The molecule has 0 saturated carbocycles. The number of pyridine rings is 1. The van der Waals surface area contributed by atoms with Crippen LogP contribution in [0.1, 0.15) is 6.92 Å². The van der Waals surface area contributed by atoms with Crippen LogP contribution < -0.4 is 5.43 Å². The van der Waals surface area contributed by atoms with Gasteiger partial charge in [0.05, 0.1) is 5.52 Å². The fourth-order valence-electron chi connectivity index (χ4n) is 2.33. The highest BCUT2D eigenvalue weighted by Crippen LogP contribution is 2.18. The molecule has 3 rings (SSSR count). The number of hydrogen-bond acceptors (Lipinski definition) is 5. The maximum absolute atomic E-state index is 11.9. The van der Waals surface area contributed by atoms with Crippen molar-refractivity contribution in [1.82, 2.24) is 4.57 Å². The van der Waals surface area contributed by atoms with Crippen LogP contribution in [0.5, 0.6) is 0 Å². The molecule has 1 aliphatic rings. The maximum atomic E-state index is 11.9. The number of benzene rings is 1. The third-order valence-electron chi connectivity index (χ3n) is 3.53. The lowest BCUT2D eigenvalue weighted by molar-refractivity contribution is -0.152. The number of carboxylic acids is 1. The fourth-order valence-corrected chi connectivity index (χ4v) is 2.33. The van der Waals surface area contributed by atoms with E-state index in [4.69, 9.17) is 9.47 Å². The van der Waals surface area contributed by atoms with Gasteiger partial charge in [-0.25, -0.2) is 9.59 Å². The Hall–Kier alpha value is -3.35. The van der Waals surface area contributed by atoms with Crippen molar-refractivity contribution in [2.45, 2.75) is 13.2 Å². The lowest BCUT2D eigenvalue weighted by atomic mass is 10.2. The molecule has 24 heavy (non-hydrogen) atoms. The molecule has 1 N–H and O–H groups in total. The van der Waals surface area contributed by atoms with Crippen molar-refractivity contribution in [2.75, 3.05) is 0 Å². The summed E-state index contributed by atoms with van der Waals surface area (Å²) in [7, 11) is 0. The van der Waals surface area contributed by atoms with Gasteiger partial charge in [0.1, 0.15) is 6.26 Å². The van der Waals surface area contributed by atoms with E-state index in [2.05, 4.69) is 0 Å². The van der Waals surface area contributed by atoms with Gasteiger partial charge in [0, 0.05) is 29.3 Å². The van der Waals surface area contributed by atoms with Crippen molar-refractivity contribution in [2.24, 2.45) is 0 Å². The Morgan fingerprint density at radius 3 is 2.71 bits per heavy atom. The van der Waals surface area contributed by atoms with E-state index in [-0.39, 0.29) is 11.1 Å². The lowest BCUT2D eigenvalue weighted by Gasteiger charge is -2.13. The average Bonchev–Trinajstić information content (AvgIpc) is 2.88. The SMILES string of the molecule is CC1=CC(O/C=C(/C(=O)O)n2ccc(=O)c3ccccc32)OC1=O. The first kappa shape index (κ1) is 15.5. The average molecular weight is 327 g/mol. The first-order valence-electron chi connectivity index (χ1n) is 7.06. The molecule has 7 heteroatoms. The summed E-state index contributed by atoms with van der Waals surface area (Å²) in [6.07, 6.45) is 2.82. The van der Waals surface area contributed by atoms with Crippen LogP contribution in [0, 0.1) is 0 Å². The number of esters is 1. The number of aliphatic carboxylic acids is 1. The second-order valence-corrected chi connectivity index (χ2v) is 5.13. The molecule has 0 amide bonds. The van der Waals surface area contributed by atoms with Crippen molar-refractivity contribution < 1.29 is 24.2 Å². The van der Waals surface area contributed by atoms with Crippen LogP contribution in [0.15, 0.2) is 59.2 Å². The minimum absolute atomic E-state index is 0.212. The van der Waals surface area contributed by atoms with Crippen LogP contribution in [0.2, 0.25) is 0 Å². The van der Waals surface area contributed by atoms with E-state index in [1.807, 2.05) is 0 Å². The molecule has 0 aliphatic carbocycles. The standard InChI is InChI=1S/C17H13NO6/c1-10-8-15(24-17(10)22)23-9-13(16(20)21)18-7-6-14(19)11-4-2-3-5-12(11)18/h2-9,15H,1H3,(H,20,21)/b13-9-. The molecule has 1 aromatic heterocycles. The molecule has 7 nitrogen and oxygen atoms in total. The quantitative estimate of drug-likeness (QED) is 0.522. The summed E-state index contributed by atoms with van der Waals surface area (Å²) in [5.74, 6) is -1.77. The largest absolute Gasteiger partial charge is 0.476 e. The molecule has 2 heterocycles. The fraction of sp³-hybridized carbons (Fsp3) is 0.118. The molecule has 0 fully saturated rings. The monoisotopic (exact) mass is 327 g/mol. The van der Waals surface area contributed by atoms with Crippen LogP contribution in [0.4, 0.5) is 0 Å². The number of ether oxygens (including phenoxy) is 2. The molecular weight excluding hydrogens is 314 g/mol. The number of hydrogen-bond donors (Lipinski definition) is 1. The number of carboxylic acid groups (broad SMARTS) is 1. The smallest absolute Gasteiger partial charge is 0.356 e. The third kappa shape index (κ3) is 2.79. The highest BCUT2D eigenvalue weighted by atomic mass is 16.7. The number of aromatic nitrogens is 1. The van der Waals surface area contributed by atoms with Gasteiger partial charge in [-0.3, -0.25) is 4.79 Å². The number of cyclic esters (lactones) is 1. The highest BCUT2D eigenvalue weighted by Gasteiger charge is 2.23. The molecule has 0 spiro atoms. The van der Waals surface area contributed by atoms with E-state index >= 15 is 0 Å². The molecule has 1 atom stereocenters. The summed E-state index contributed by atoms with van der Waals surface area (Å²) in [6, 6.07) is 7.91. The van der Waals surface area contributed by atoms with Gasteiger partial charge in [-0.2, -0.15) is 0 Å². The Labute approximate surface area is 136 Å². The van der Waals surface area contributed by atoms with E-state index in [0.29, 0.717) is 16.5 Å². The zero-order chi connectivity index (χ0) is 17.3. The normalized spacial score (nSPS) is 17.5. The van der Waals surface area contributed by atoms with Crippen LogP contribution in [0.3, 0.4) is 0 Å². The number of nitrogens with zero attached hydrogens (tertiary/aromatic N) is 1. The summed E-state index contributed by atoms with van der Waals surface area (Å²) in [5, 5.41) is 9.85. The van der Waals surface area contributed by atoms with Crippen molar-refractivity contribution in [3.8, 4) is 0 Å². The Morgan fingerprint density at radius 1 is 1.29 bits per heavy atom. The number of carbonyl (C=O) groups is 2. The second-order valence-electron chi connectivity index (χ2n) is 5.13. The zero-order valence-electron chi connectivity index (χ0n) is 12.6. The van der Waals surface area contributed by atoms with Crippen LogP contribution in [0.25, 0.3) is 16.6 Å². The van der Waals surface area contributed by atoms with Crippen molar-refractivity contribution in [3.05, 3.63) is 64.7 Å². The number of rotatable bonds is 4. The zero-order valence-corrected chi connectivity index (χ0v) is 12.6. The van der Waals surface area contributed by atoms with Crippen LogP contribution in [-0.2, 0) is 19.1 Å². The molecule has 1 unspecified atom stereocenters. The van der Waals surface area contributed by atoms with Crippen molar-refractivity contribution in [3.63, 3.8) is 0 Å². The van der Waals surface area contributed by atoms with Gasteiger partial charge < -0.3 is 19.1 Å². The topological polar surface area (TPSA) is 94.8 Å². The summed E-state index contributed by atoms with van der Waals surface area (Å²) in [5.41, 5.74) is 0.382. The molecule has 0 bridgehead atoms. The Morgan fingerprint density at radius 2 is 2.04 bits per heavy atom.